The molecule has 2 aromatic rings. The number of alkyl halides is 3. The van der Waals surface area contributed by atoms with Crippen molar-refractivity contribution < 1.29 is 27.9 Å². The third kappa shape index (κ3) is 2.79. The second kappa shape index (κ2) is 4.95. The van der Waals surface area contributed by atoms with E-state index in [-0.39, 0.29) is 10.2 Å². The molecule has 0 saturated heterocycles. The number of hydrogen-bond donors (Lipinski definition) is 2. The molecule has 0 fully saturated rings. The van der Waals surface area contributed by atoms with Crippen LogP contribution in [0.15, 0.2) is 0 Å². The Kier molecular flexibility index (Phi) is 3.58. The first-order valence-corrected chi connectivity index (χ1v) is 6.32. The molecule has 0 spiro atoms. The number of anilines is 1. The van der Waals surface area contributed by atoms with Crippen LogP contribution in [0.5, 0.6) is 0 Å². The zero-order valence-corrected chi connectivity index (χ0v) is 11.5. The number of halogens is 3. The van der Waals surface area contributed by atoms with Crippen LogP contribution in [-0.4, -0.2) is 33.1 Å². The number of nitrogens with one attached hydrogen (secondary N) is 1. The van der Waals surface area contributed by atoms with Crippen LogP contribution >= 0.6 is 11.3 Å². The maximum Gasteiger partial charge on any atom is 0.471 e. The maximum absolute atomic E-state index is 12.4. The van der Waals surface area contributed by atoms with E-state index in [4.69, 9.17) is 5.11 Å². The van der Waals surface area contributed by atoms with Gasteiger partial charge in [0.05, 0.1) is 16.8 Å². The van der Waals surface area contributed by atoms with E-state index in [2.05, 4.69) is 9.97 Å². The van der Waals surface area contributed by atoms with Gasteiger partial charge in [0.2, 0.25) is 0 Å². The number of carboxylic acid groups (broad SMARTS) is 1. The standard InChI is InChI=1S/C11H8F3N3O3S/c1-3-5-6(17-10(20)11(12,13)14)7(9(18)19)21-8(5)16-4(2)15-3/h1-2H3,(H,17,20)(H,18,19). The Morgan fingerprint density at radius 2 is 1.86 bits per heavy atom. The number of carboxylic acids is 1. The predicted molar refractivity (Wildman–Crippen MR) is 68.5 cm³/mol. The van der Waals surface area contributed by atoms with Crippen molar-refractivity contribution in [2.45, 2.75) is 20.0 Å². The van der Waals surface area contributed by atoms with Crippen molar-refractivity contribution in [1.29, 1.82) is 0 Å². The van der Waals surface area contributed by atoms with Gasteiger partial charge in [-0.2, -0.15) is 13.2 Å². The fraction of sp³-hybridized carbons (Fsp3) is 0.273. The first kappa shape index (κ1) is 15.2. The Bertz CT molecular complexity index is 754. The van der Waals surface area contributed by atoms with Crippen LogP contribution in [0.1, 0.15) is 21.2 Å². The fourth-order valence-electron chi connectivity index (χ4n) is 1.76. The van der Waals surface area contributed by atoms with Gasteiger partial charge in [0.25, 0.3) is 0 Å². The topological polar surface area (TPSA) is 92.2 Å². The number of amides is 1. The zero-order valence-electron chi connectivity index (χ0n) is 10.7. The quantitative estimate of drug-likeness (QED) is 0.887. The van der Waals surface area contributed by atoms with Crippen molar-refractivity contribution in [1.82, 2.24) is 9.97 Å². The second-order valence-electron chi connectivity index (χ2n) is 4.10. The summed E-state index contributed by atoms with van der Waals surface area (Å²) in [5.74, 6) is -3.34. The molecule has 6 nitrogen and oxygen atoms in total. The monoisotopic (exact) mass is 319 g/mol. The molecular weight excluding hydrogens is 311 g/mol. The van der Waals surface area contributed by atoms with E-state index in [9.17, 15) is 22.8 Å². The third-order valence-electron chi connectivity index (χ3n) is 2.53. The van der Waals surface area contributed by atoms with Gasteiger partial charge >= 0.3 is 18.1 Å². The molecule has 0 radical (unpaired) electrons. The molecule has 0 aliphatic carbocycles. The maximum atomic E-state index is 12.4. The summed E-state index contributed by atoms with van der Waals surface area (Å²) in [6, 6.07) is 0. The number of carbonyl (C=O) groups is 2. The number of carbonyl (C=O) groups excluding carboxylic acids is 1. The van der Waals surface area contributed by atoms with Gasteiger partial charge < -0.3 is 10.4 Å². The minimum absolute atomic E-state index is 0.0978. The van der Waals surface area contributed by atoms with Crippen molar-refractivity contribution >= 4 is 39.1 Å². The van der Waals surface area contributed by atoms with E-state index < -0.39 is 28.6 Å². The van der Waals surface area contributed by atoms with E-state index in [1.165, 1.54) is 6.92 Å². The molecule has 21 heavy (non-hydrogen) atoms. The Balaban J connectivity index is 2.67. The molecule has 0 aromatic carbocycles. The summed E-state index contributed by atoms with van der Waals surface area (Å²) in [6.07, 6.45) is -5.12. The summed E-state index contributed by atoms with van der Waals surface area (Å²) in [6.45, 7) is 3.07. The molecule has 0 aliphatic heterocycles. The number of rotatable bonds is 2. The summed E-state index contributed by atoms with van der Waals surface area (Å²) in [4.78, 5) is 29.9. The lowest BCUT2D eigenvalue weighted by Gasteiger charge is -2.08. The van der Waals surface area contributed by atoms with Crippen LogP contribution in [0.2, 0.25) is 0 Å². The average Bonchev–Trinajstić information content (AvgIpc) is 2.66. The van der Waals surface area contributed by atoms with Gasteiger partial charge in [0.15, 0.2) is 0 Å². The highest BCUT2D eigenvalue weighted by molar-refractivity contribution is 7.21. The Hall–Kier alpha value is -2.23. The number of aromatic carboxylic acids is 1. The van der Waals surface area contributed by atoms with Gasteiger partial charge in [-0.15, -0.1) is 11.3 Å². The number of aromatic nitrogens is 2. The molecule has 0 atom stereocenters. The molecular formula is C11H8F3N3O3S. The first-order valence-electron chi connectivity index (χ1n) is 5.50. The van der Waals surface area contributed by atoms with Crippen molar-refractivity contribution in [3.8, 4) is 0 Å². The molecule has 2 aromatic heterocycles. The fourth-order valence-corrected chi connectivity index (χ4v) is 2.82. The largest absolute Gasteiger partial charge is 0.477 e. The average molecular weight is 319 g/mol. The van der Waals surface area contributed by atoms with E-state index in [1.807, 2.05) is 0 Å². The Morgan fingerprint density at radius 1 is 1.24 bits per heavy atom. The summed E-state index contributed by atoms with van der Waals surface area (Å²) < 4.78 is 37.1. The number of hydrogen-bond acceptors (Lipinski definition) is 5. The van der Waals surface area contributed by atoms with Gasteiger partial charge in [-0.3, -0.25) is 4.79 Å². The Morgan fingerprint density at radius 3 is 2.38 bits per heavy atom. The highest BCUT2D eigenvalue weighted by Crippen LogP contribution is 2.37. The van der Waals surface area contributed by atoms with Crippen LogP contribution in [0, 0.1) is 13.8 Å². The van der Waals surface area contributed by atoms with Crippen LogP contribution in [-0.2, 0) is 4.79 Å². The number of thiophene rings is 1. The summed E-state index contributed by atoms with van der Waals surface area (Å²) in [5.41, 5.74) is -0.138. The van der Waals surface area contributed by atoms with Gasteiger partial charge in [0.1, 0.15) is 15.5 Å². The lowest BCUT2D eigenvalue weighted by atomic mass is 10.2. The molecule has 0 aliphatic rings. The molecule has 10 heteroatoms. The summed E-state index contributed by atoms with van der Waals surface area (Å²) >= 11 is 0.680. The molecule has 0 bridgehead atoms. The smallest absolute Gasteiger partial charge is 0.471 e. The summed E-state index contributed by atoms with van der Waals surface area (Å²) in [7, 11) is 0. The number of aryl methyl sites for hydroxylation is 2. The van der Waals surface area contributed by atoms with Crippen LogP contribution in [0.4, 0.5) is 18.9 Å². The van der Waals surface area contributed by atoms with Gasteiger partial charge in [-0.05, 0) is 13.8 Å². The molecule has 2 heterocycles. The van der Waals surface area contributed by atoms with Crippen LogP contribution in [0.3, 0.4) is 0 Å². The van der Waals surface area contributed by atoms with E-state index >= 15 is 0 Å². The highest BCUT2D eigenvalue weighted by Gasteiger charge is 2.40. The van der Waals surface area contributed by atoms with Gasteiger partial charge in [0, 0.05) is 0 Å². The number of nitrogens with zero attached hydrogens (tertiary/aromatic N) is 2. The van der Waals surface area contributed by atoms with Crippen molar-refractivity contribution in [3.05, 3.63) is 16.4 Å². The molecule has 2 N–H and O–H groups in total. The van der Waals surface area contributed by atoms with Crippen LogP contribution < -0.4 is 5.32 Å². The molecule has 1 amide bonds. The highest BCUT2D eigenvalue weighted by atomic mass is 32.1. The normalized spacial score (nSPS) is 11.7. The molecule has 2 rings (SSSR count). The number of fused-ring (bicyclic) bond motifs is 1. The van der Waals surface area contributed by atoms with Crippen molar-refractivity contribution in [3.63, 3.8) is 0 Å². The predicted octanol–water partition coefficient (Wildman–Crippen LogP) is 2.51. The van der Waals surface area contributed by atoms with Crippen molar-refractivity contribution in [2.75, 3.05) is 5.32 Å². The van der Waals surface area contributed by atoms with Crippen molar-refractivity contribution in [2.24, 2.45) is 0 Å². The Labute approximate surface area is 119 Å². The first-order chi connectivity index (χ1) is 9.61. The summed E-state index contributed by atoms with van der Waals surface area (Å²) in [5, 5.41) is 10.8. The zero-order chi connectivity index (χ0) is 15.9. The lowest BCUT2D eigenvalue weighted by Crippen LogP contribution is -2.30. The minimum Gasteiger partial charge on any atom is -0.477 e. The lowest BCUT2D eigenvalue weighted by molar-refractivity contribution is -0.167. The van der Waals surface area contributed by atoms with Gasteiger partial charge in [-0.1, -0.05) is 0 Å². The van der Waals surface area contributed by atoms with E-state index in [0.29, 0.717) is 22.9 Å². The van der Waals surface area contributed by atoms with Gasteiger partial charge in [-0.25, -0.2) is 14.8 Å². The van der Waals surface area contributed by atoms with E-state index in [1.54, 1.807) is 12.2 Å². The SMILES string of the molecule is Cc1nc(C)c2c(NC(=O)C(F)(F)F)c(C(=O)O)sc2n1. The third-order valence-corrected chi connectivity index (χ3v) is 3.61. The van der Waals surface area contributed by atoms with Crippen LogP contribution in [0.25, 0.3) is 10.2 Å². The minimum atomic E-state index is -5.12. The molecule has 0 unspecified atom stereocenters. The second-order valence-corrected chi connectivity index (χ2v) is 5.10. The molecule has 112 valence electrons. The van der Waals surface area contributed by atoms with E-state index in [0.717, 1.165) is 0 Å². The molecule has 0 saturated carbocycles.